The highest BCUT2D eigenvalue weighted by Crippen LogP contribution is 2.15. The van der Waals surface area contributed by atoms with Crippen molar-refractivity contribution in [3.05, 3.63) is 39.9 Å². The fourth-order valence-electron chi connectivity index (χ4n) is 1.35. The number of methoxy groups -OCH3 is 1. The fourth-order valence-corrected chi connectivity index (χ4v) is 1.35. The number of non-ortho nitro benzene ring substituents is 1. The first kappa shape index (κ1) is 13.8. The Morgan fingerprint density at radius 2 is 2.17 bits per heavy atom. The molecule has 0 aliphatic heterocycles. The highest BCUT2D eigenvalue weighted by Gasteiger charge is 2.20. The summed E-state index contributed by atoms with van der Waals surface area (Å²) in [6, 6.07) is 4.18. The minimum atomic E-state index is -1.07. The van der Waals surface area contributed by atoms with Gasteiger partial charge in [0.2, 0.25) is 0 Å². The van der Waals surface area contributed by atoms with Gasteiger partial charge >= 0.3 is 5.97 Å². The third kappa shape index (κ3) is 3.36. The zero-order chi connectivity index (χ0) is 13.7. The largest absolute Gasteiger partial charge is 0.468 e. The van der Waals surface area contributed by atoms with Crippen LogP contribution in [-0.4, -0.2) is 29.8 Å². The van der Waals surface area contributed by atoms with E-state index in [1.165, 1.54) is 25.3 Å². The van der Waals surface area contributed by atoms with Crippen molar-refractivity contribution in [2.24, 2.45) is 5.73 Å². The number of nitro groups is 1. The lowest BCUT2D eigenvalue weighted by molar-refractivity contribution is -0.384. The van der Waals surface area contributed by atoms with Crippen molar-refractivity contribution < 1.29 is 19.2 Å². The van der Waals surface area contributed by atoms with Crippen LogP contribution in [-0.2, 0) is 9.53 Å². The molecule has 0 radical (unpaired) electrons. The quantitative estimate of drug-likeness (QED) is 0.356. The Kier molecular flexibility index (Phi) is 4.50. The number of rotatable bonds is 5. The molecule has 0 fully saturated rings. The van der Waals surface area contributed by atoms with Crippen LogP contribution in [0.4, 0.5) is 5.69 Å². The molecule has 7 heteroatoms. The third-order valence-corrected chi connectivity index (χ3v) is 2.29. The van der Waals surface area contributed by atoms with Gasteiger partial charge in [0, 0.05) is 24.1 Å². The molecule has 1 rings (SSSR count). The predicted molar refractivity (Wildman–Crippen MR) is 62.0 cm³/mol. The number of nitro benzene ring substituents is 1. The molecule has 1 unspecified atom stereocenters. The smallest absolute Gasteiger partial charge is 0.323 e. The summed E-state index contributed by atoms with van der Waals surface area (Å²) < 4.78 is 4.39. The second-order valence-electron chi connectivity index (χ2n) is 3.56. The number of nitrogens with zero attached hydrogens (tertiary/aromatic N) is 1. The predicted octanol–water partition coefficient (Wildman–Crippen LogP) is 0.668. The molecule has 0 aromatic heterocycles. The molecule has 7 nitrogen and oxygen atoms in total. The lowest BCUT2D eigenvalue weighted by Gasteiger charge is -2.07. The lowest BCUT2D eigenvalue weighted by Crippen LogP contribution is -2.33. The maximum atomic E-state index is 11.7. The van der Waals surface area contributed by atoms with Gasteiger partial charge in [-0.2, -0.15) is 0 Å². The third-order valence-electron chi connectivity index (χ3n) is 2.29. The number of carbonyl (C=O) groups excluding carboxylic acids is 2. The first-order valence-electron chi connectivity index (χ1n) is 5.06. The van der Waals surface area contributed by atoms with Crippen LogP contribution in [0.25, 0.3) is 0 Å². The molecule has 2 N–H and O–H groups in total. The van der Waals surface area contributed by atoms with E-state index in [0.717, 1.165) is 6.07 Å². The second kappa shape index (κ2) is 5.87. The van der Waals surface area contributed by atoms with E-state index in [1.54, 1.807) is 0 Å². The van der Waals surface area contributed by atoms with Crippen LogP contribution < -0.4 is 5.73 Å². The summed E-state index contributed by atoms with van der Waals surface area (Å²) in [5.74, 6) is -1.15. The highest BCUT2D eigenvalue weighted by atomic mass is 16.6. The van der Waals surface area contributed by atoms with Gasteiger partial charge < -0.3 is 10.5 Å². The van der Waals surface area contributed by atoms with E-state index in [0.29, 0.717) is 0 Å². The number of carbonyl (C=O) groups is 2. The Bertz CT molecular complexity index is 486. The molecule has 0 saturated carbocycles. The summed E-state index contributed by atoms with van der Waals surface area (Å²) >= 11 is 0. The van der Waals surface area contributed by atoms with Crippen molar-refractivity contribution in [2.45, 2.75) is 12.5 Å². The van der Waals surface area contributed by atoms with Gasteiger partial charge in [-0.05, 0) is 0 Å². The number of ether oxygens (including phenoxy) is 1. The Morgan fingerprint density at radius 1 is 1.50 bits per heavy atom. The van der Waals surface area contributed by atoms with Crippen LogP contribution in [0, 0.1) is 10.1 Å². The summed E-state index contributed by atoms with van der Waals surface area (Å²) in [5, 5.41) is 10.5. The average Bonchev–Trinajstić information content (AvgIpc) is 2.37. The molecule has 0 aliphatic rings. The van der Waals surface area contributed by atoms with Crippen molar-refractivity contribution in [3.8, 4) is 0 Å². The van der Waals surface area contributed by atoms with Crippen molar-refractivity contribution in [2.75, 3.05) is 7.11 Å². The molecule has 18 heavy (non-hydrogen) atoms. The van der Waals surface area contributed by atoms with E-state index < -0.39 is 22.7 Å². The number of hydrogen-bond acceptors (Lipinski definition) is 6. The normalized spacial score (nSPS) is 11.7. The van der Waals surface area contributed by atoms with Gasteiger partial charge in [-0.1, -0.05) is 12.1 Å². The number of esters is 1. The van der Waals surface area contributed by atoms with Crippen LogP contribution in [0.1, 0.15) is 16.8 Å². The Morgan fingerprint density at radius 3 is 2.72 bits per heavy atom. The van der Waals surface area contributed by atoms with Crippen molar-refractivity contribution >= 4 is 17.4 Å². The van der Waals surface area contributed by atoms with Crippen LogP contribution >= 0.6 is 0 Å². The molecule has 0 heterocycles. The summed E-state index contributed by atoms with van der Waals surface area (Å²) in [6.45, 7) is 0. The van der Waals surface area contributed by atoms with Crippen molar-refractivity contribution in [1.29, 1.82) is 0 Å². The molecule has 0 aliphatic carbocycles. The number of Topliss-reactive ketones (excluding diaryl/α,β-unsaturated/α-hetero) is 1. The van der Waals surface area contributed by atoms with E-state index in [1.807, 2.05) is 0 Å². The van der Waals surface area contributed by atoms with E-state index in [2.05, 4.69) is 4.74 Å². The minimum absolute atomic E-state index is 0.142. The van der Waals surface area contributed by atoms with Crippen LogP contribution in [0.2, 0.25) is 0 Å². The van der Waals surface area contributed by atoms with Gasteiger partial charge in [-0.25, -0.2) is 0 Å². The summed E-state index contributed by atoms with van der Waals surface area (Å²) in [6.07, 6.45) is -0.256. The van der Waals surface area contributed by atoms with Crippen LogP contribution in [0.15, 0.2) is 24.3 Å². The average molecular weight is 252 g/mol. The maximum absolute atomic E-state index is 11.7. The Hall–Kier alpha value is -2.28. The molecule has 0 amide bonds. The standard InChI is InChI=1S/C11H12N2O5/c1-18-11(15)9(12)6-10(14)7-3-2-4-8(5-7)13(16)17/h2-5,9H,6,12H2,1H3. The first-order valence-corrected chi connectivity index (χ1v) is 5.06. The van der Waals surface area contributed by atoms with Crippen LogP contribution in [0.5, 0.6) is 0 Å². The molecule has 96 valence electrons. The second-order valence-corrected chi connectivity index (χ2v) is 3.56. The van der Waals surface area contributed by atoms with E-state index in [9.17, 15) is 19.7 Å². The monoisotopic (exact) mass is 252 g/mol. The maximum Gasteiger partial charge on any atom is 0.323 e. The molecular weight excluding hydrogens is 240 g/mol. The molecule has 0 bridgehead atoms. The molecule has 1 atom stereocenters. The number of nitrogens with two attached hydrogens (primary N) is 1. The number of ketones is 1. The van der Waals surface area contributed by atoms with Gasteiger partial charge in [0.15, 0.2) is 5.78 Å². The number of benzene rings is 1. The number of hydrogen-bond donors (Lipinski definition) is 1. The summed E-state index contributed by atoms with van der Waals surface area (Å²) in [5.41, 5.74) is 5.39. The molecular formula is C11H12N2O5. The van der Waals surface area contributed by atoms with Gasteiger partial charge in [0.25, 0.3) is 5.69 Å². The van der Waals surface area contributed by atoms with Crippen molar-refractivity contribution in [3.63, 3.8) is 0 Å². The molecule has 1 aromatic carbocycles. The minimum Gasteiger partial charge on any atom is -0.468 e. The lowest BCUT2D eigenvalue weighted by atomic mass is 10.0. The summed E-state index contributed by atoms with van der Waals surface area (Å²) in [7, 11) is 1.17. The SMILES string of the molecule is COC(=O)C(N)CC(=O)c1cccc([N+](=O)[O-])c1. The van der Waals surface area contributed by atoms with Gasteiger partial charge in [-0.15, -0.1) is 0 Å². The highest BCUT2D eigenvalue weighted by molar-refractivity contribution is 5.99. The van der Waals surface area contributed by atoms with E-state index in [4.69, 9.17) is 5.73 Å². The Labute approximate surface area is 103 Å². The van der Waals surface area contributed by atoms with Crippen LogP contribution in [0.3, 0.4) is 0 Å². The summed E-state index contributed by atoms with van der Waals surface area (Å²) in [4.78, 5) is 32.7. The Balaban J connectivity index is 2.81. The van der Waals surface area contributed by atoms with E-state index in [-0.39, 0.29) is 17.7 Å². The zero-order valence-electron chi connectivity index (χ0n) is 9.66. The van der Waals surface area contributed by atoms with Gasteiger partial charge in [0.1, 0.15) is 6.04 Å². The zero-order valence-corrected chi connectivity index (χ0v) is 9.66. The van der Waals surface area contributed by atoms with E-state index >= 15 is 0 Å². The van der Waals surface area contributed by atoms with Gasteiger partial charge in [0.05, 0.1) is 12.0 Å². The van der Waals surface area contributed by atoms with Gasteiger partial charge in [-0.3, -0.25) is 19.7 Å². The fraction of sp³-hybridized carbons (Fsp3) is 0.273. The molecule has 0 saturated heterocycles. The molecule has 1 aromatic rings. The van der Waals surface area contributed by atoms with Crippen molar-refractivity contribution in [1.82, 2.24) is 0 Å². The first-order chi connectivity index (χ1) is 8.45. The molecule has 0 spiro atoms. The topological polar surface area (TPSA) is 113 Å².